The first-order valence-electron chi connectivity index (χ1n) is 13.6. The monoisotopic (exact) mass is 487 g/mol. The van der Waals surface area contributed by atoms with E-state index in [1.165, 1.54) is 87.5 Å². The van der Waals surface area contributed by atoms with Crippen molar-refractivity contribution in [3.05, 3.63) is 114 Å². The van der Waals surface area contributed by atoms with E-state index in [1.54, 1.807) is 0 Å². The second-order valence-corrected chi connectivity index (χ2v) is 11.4. The van der Waals surface area contributed by atoms with Crippen LogP contribution in [-0.2, 0) is 0 Å². The molecule has 0 saturated heterocycles. The maximum atomic E-state index is 2.51. The lowest BCUT2D eigenvalue weighted by molar-refractivity contribution is 0.846. The zero-order valence-corrected chi connectivity index (χ0v) is 22.3. The lowest BCUT2D eigenvalue weighted by Crippen LogP contribution is -1.97. The van der Waals surface area contributed by atoms with Gasteiger partial charge in [0, 0.05) is 21.5 Å². The van der Waals surface area contributed by atoms with Gasteiger partial charge in [-0.15, -0.1) is 0 Å². The summed E-state index contributed by atoms with van der Waals surface area (Å²) in [4.78, 5) is 0. The molecular weight excluding hydrogens is 458 g/mol. The van der Waals surface area contributed by atoms with Crippen molar-refractivity contribution in [1.82, 2.24) is 4.40 Å². The summed E-state index contributed by atoms with van der Waals surface area (Å²) in [5, 5.41) is 10.5. The summed E-state index contributed by atoms with van der Waals surface area (Å²) >= 11 is 0. The second kappa shape index (κ2) is 7.58. The van der Waals surface area contributed by atoms with E-state index >= 15 is 0 Å². The first kappa shape index (κ1) is 21.7. The lowest BCUT2D eigenvalue weighted by Gasteiger charge is -2.16. The minimum Gasteiger partial charge on any atom is -0.308 e. The van der Waals surface area contributed by atoms with Crippen molar-refractivity contribution in [1.29, 1.82) is 0 Å². The van der Waals surface area contributed by atoms with Crippen LogP contribution in [0.1, 0.15) is 36.5 Å². The molecule has 1 nitrogen and oxygen atoms in total. The van der Waals surface area contributed by atoms with E-state index in [1.807, 2.05) is 0 Å². The molecule has 0 spiro atoms. The van der Waals surface area contributed by atoms with Crippen molar-refractivity contribution in [2.75, 3.05) is 0 Å². The molecule has 0 aliphatic carbocycles. The number of hydrogen-bond acceptors (Lipinski definition) is 0. The highest BCUT2D eigenvalue weighted by molar-refractivity contribution is 6.26. The molecule has 2 aromatic heterocycles. The van der Waals surface area contributed by atoms with Crippen LogP contribution in [0.4, 0.5) is 0 Å². The number of nitrogens with zero attached hydrogens (tertiary/aromatic N) is 1. The Morgan fingerprint density at radius 1 is 0.500 bits per heavy atom. The zero-order valence-electron chi connectivity index (χ0n) is 22.3. The Kier molecular flexibility index (Phi) is 4.33. The third-order valence-corrected chi connectivity index (χ3v) is 8.63. The summed E-state index contributed by atoms with van der Waals surface area (Å²) in [5.74, 6) is 0.524. The fourth-order valence-corrected chi connectivity index (χ4v) is 7.13. The minimum absolute atomic E-state index is 0.524. The second-order valence-electron chi connectivity index (χ2n) is 11.4. The molecule has 0 aliphatic rings. The SMILES string of the molecule is Cc1cc(-c2cc3c4cc5ccccc5cc4n4c5cc6ccccc6cc5c(c2)c34)cc(C)c1C(C)C. The Morgan fingerprint density at radius 2 is 0.921 bits per heavy atom. The first-order valence-corrected chi connectivity index (χ1v) is 13.6. The largest absolute Gasteiger partial charge is 0.308 e. The maximum absolute atomic E-state index is 2.51. The molecule has 0 unspecified atom stereocenters. The summed E-state index contributed by atoms with van der Waals surface area (Å²) in [6.07, 6.45) is 0. The number of benzene rings is 6. The number of aromatic nitrogens is 1. The molecule has 8 aromatic rings. The fourth-order valence-electron chi connectivity index (χ4n) is 7.13. The average Bonchev–Trinajstić information content (AvgIpc) is 3.40. The Labute approximate surface area is 222 Å². The van der Waals surface area contributed by atoms with Gasteiger partial charge in [0.1, 0.15) is 0 Å². The molecule has 0 amide bonds. The van der Waals surface area contributed by atoms with Gasteiger partial charge in [-0.25, -0.2) is 0 Å². The lowest BCUT2D eigenvalue weighted by atomic mass is 9.89. The van der Waals surface area contributed by atoms with Gasteiger partial charge in [-0.05, 0) is 106 Å². The number of rotatable bonds is 2. The Balaban J connectivity index is 1.56. The van der Waals surface area contributed by atoms with E-state index < -0.39 is 0 Å². The predicted molar refractivity (Wildman–Crippen MR) is 165 cm³/mol. The van der Waals surface area contributed by atoms with E-state index in [-0.39, 0.29) is 0 Å². The van der Waals surface area contributed by atoms with Gasteiger partial charge in [0.15, 0.2) is 0 Å². The predicted octanol–water partition coefficient (Wildman–Crippen LogP) is 10.6. The molecule has 1 heteroatoms. The number of fused-ring (bicyclic) bond motifs is 8. The normalized spacial score (nSPS) is 12.4. The van der Waals surface area contributed by atoms with Crippen LogP contribution in [0.2, 0.25) is 0 Å². The van der Waals surface area contributed by atoms with Crippen molar-refractivity contribution in [2.45, 2.75) is 33.6 Å². The molecule has 6 aromatic carbocycles. The third-order valence-electron chi connectivity index (χ3n) is 8.63. The molecule has 182 valence electrons. The number of aryl methyl sites for hydroxylation is 2. The van der Waals surface area contributed by atoms with Gasteiger partial charge in [-0.3, -0.25) is 0 Å². The standard InChI is InChI=1S/C37H29N/c1-21(2)36-22(3)13-28(14-23(36)4)29-17-32-30-15-24-9-5-7-11-26(24)19-34(30)38-35-20-27-12-8-6-10-25(27)16-31(35)33(18-29)37(32)38/h5-21H,1-4H3. The van der Waals surface area contributed by atoms with Gasteiger partial charge in [-0.2, -0.15) is 0 Å². The molecule has 8 rings (SSSR count). The molecule has 0 aliphatic heterocycles. The van der Waals surface area contributed by atoms with Crippen molar-refractivity contribution in [3.8, 4) is 11.1 Å². The molecule has 0 radical (unpaired) electrons. The van der Waals surface area contributed by atoms with Crippen molar-refractivity contribution >= 4 is 59.6 Å². The Morgan fingerprint density at radius 3 is 1.37 bits per heavy atom. The molecule has 0 N–H and O–H groups in total. The molecule has 2 heterocycles. The average molecular weight is 488 g/mol. The molecule has 0 fully saturated rings. The summed E-state index contributed by atoms with van der Waals surface area (Å²) in [6.45, 7) is 9.12. The highest BCUT2D eigenvalue weighted by Gasteiger charge is 2.20. The summed E-state index contributed by atoms with van der Waals surface area (Å²) in [7, 11) is 0. The van der Waals surface area contributed by atoms with E-state index in [9.17, 15) is 0 Å². The molecule has 0 bridgehead atoms. The molecule has 38 heavy (non-hydrogen) atoms. The smallest absolute Gasteiger partial charge is 0.0620 e. The Hall–Kier alpha value is -4.36. The Bertz CT molecular complexity index is 2080. The van der Waals surface area contributed by atoms with Crippen LogP contribution >= 0.6 is 0 Å². The first-order chi connectivity index (χ1) is 18.5. The van der Waals surface area contributed by atoms with Crippen LogP contribution in [0, 0.1) is 13.8 Å². The van der Waals surface area contributed by atoms with E-state index in [0.29, 0.717) is 5.92 Å². The maximum Gasteiger partial charge on any atom is 0.0620 e. The van der Waals surface area contributed by atoms with Crippen LogP contribution in [0.5, 0.6) is 0 Å². The van der Waals surface area contributed by atoms with Crippen molar-refractivity contribution in [3.63, 3.8) is 0 Å². The summed E-state index contributed by atoms with van der Waals surface area (Å²) < 4.78 is 2.51. The van der Waals surface area contributed by atoms with Crippen LogP contribution in [0.3, 0.4) is 0 Å². The fraction of sp³-hybridized carbons (Fsp3) is 0.135. The van der Waals surface area contributed by atoms with E-state index in [4.69, 9.17) is 0 Å². The summed E-state index contributed by atoms with van der Waals surface area (Å²) in [5.41, 5.74) is 10.7. The highest BCUT2D eigenvalue weighted by Crippen LogP contribution is 2.44. The topological polar surface area (TPSA) is 4.41 Å². The van der Waals surface area contributed by atoms with Crippen molar-refractivity contribution < 1.29 is 0 Å². The highest BCUT2D eigenvalue weighted by atomic mass is 14.9. The van der Waals surface area contributed by atoms with Gasteiger partial charge < -0.3 is 4.40 Å². The molecule has 0 atom stereocenters. The quantitative estimate of drug-likeness (QED) is 0.228. The van der Waals surface area contributed by atoms with Gasteiger partial charge in [0.05, 0.1) is 16.6 Å². The van der Waals surface area contributed by atoms with Gasteiger partial charge in [-0.1, -0.05) is 74.5 Å². The summed E-state index contributed by atoms with van der Waals surface area (Å²) in [6, 6.07) is 36.6. The third kappa shape index (κ3) is 2.88. The van der Waals surface area contributed by atoms with Gasteiger partial charge in [0.2, 0.25) is 0 Å². The van der Waals surface area contributed by atoms with Crippen LogP contribution in [0.25, 0.3) is 70.8 Å². The molecular formula is C37H29N. The van der Waals surface area contributed by atoms with Crippen LogP contribution < -0.4 is 0 Å². The van der Waals surface area contributed by atoms with Gasteiger partial charge >= 0.3 is 0 Å². The zero-order chi connectivity index (χ0) is 25.7. The van der Waals surface area contributed by atoms with Crippen LogP contribution in [0.15, 0.2) is 97.1 Å². The van der Waals surface area contributed by atoms with Gasteiger partial charge in [0.25, 0.3) is 0 Å². The van der Waals surface area contributed by atoms with E-state index in [2.05, 4.69) is 129 Å². The molecule has 0 saturated carbocycles. The van der Waals surface area contributed by atoms with Crippen molar-refractivity contribution in [2.24, 2.45) is 0 Å². The number of hydrogen-bond donors (Lipinski definition) is 0. The van der Waals surface area contributed by atoms with Crippen LogP contribution in [-0.4, -0.2) is 4.40 Å². The van der Waals surface area contributed by atoms with E-state index in [0.717, 1.165) is 0 Å². The minimum atomic E-state index is 0.524.